The van der Waals surface area contributed by atoms with Crippen molar-refractivity contribution in [3.8, 4) is 11.8 Å². The summed E-state index contributed by atoms with van der Waals surface area (Å²) in [6.45, 7) is 0. The van der Waals surface area contributed by atoms with Crippen molar-refractivity contribution in [2.24, 2.45) is 0 Å². The highest BCUT2D eigenvalue weighted by Crippen LogP contribution is 2.26. The summed E-state index contributed by atoms with van der Waals surface area (Å²) in [5.74, 6) is -1.18. The minimum atomic E-state index is -0.874. The molecular formula is C9H5ClFNO2. The van der Waals surface area contributed by atoms with Gasteiger partial charge in [-0.3, -0.25) is 4.79 Å². The number of benzene rings is 1. The average molecular weight is 214 g/mol. The second-order valence-corrected chi connectivity index (χ2v) is 2.74. The molecule has 0 aliphatic heterocycles. The summed E-state index contributed by atoms with van der Waals surface area (Å²) >= 11 is 5.19. The van der Waals surface area contributed by atoms with Gasteiger partial charge in [-0.25, -0.2) is 4.39 Å². The van der Waals surface area contributed by atoms with Gasteiger partial charge in [0.2, 0.25) is 0 Å². The molecule has 0 aliphatic rings. The number of carbonyl (C=O) groups excluding carboxylic acids is 1. The minimum absolute atomic E-state index is 0.0920. The molecule has 0 aliphatic carbocycles. The molecule has 72 valence electrons. The van der Waals surface area contributed by atoms with Crippen molar-refractivity contribution in [1.29, 1.82) is 5.26 Å². The average Bonchev–Trinajstić information content (AvgIpc) is 2.17. The van der Waals surface area contributed by atoms with Crippen molar-refractivity contribution in [2.45, 2.75) is 0 Å². The molecule has 0 saturated carbocycles. The second-order valence-electron chi connectivity index (χ2n) is 2.39. The van der Waals surface area contributed by atoms with Crippen LogP contribution in [0.5, 0.6) is 5.75 Å². The van der Waals surface area contributed by atoms with Crippen molar-refractivity contribution in [3.05, 3.63) is 29.1 Å². The molecule has 0 saturated heterocycles. The Kier molecular flexibility index (Phi) is 3.05. The van der Waals surface area contributed by atoms with Gasteiger partial charge < -0.3 is 4.74 Å². The van der Waals surface area contributed by atoms with Gasteiger partial charge in [0.15, 0.2) is 11.6 Å². The Morgan fingerprint density at radius 1 is 1.64 bits per heavy atom. The SMILES string of the molecule is COc1c(C(=O)Cl)ccc(C#N)c1F. The van der Waals surface area contributed by atoms with Crippen molar-refractivity contribution >= 4 is 16.8 Å². The standard InChI is InChI=1S/C9H5ClFNO2/c1-14-8-6(9(10)13)3-2-5(4-12)7(8)11/h2-3H,1H3. The predicted molar refractivity (Wildman–Crippen MR) is 47.9 cm³/mol. The zero-order chi connectivity index (χ0) is 10.7. The third kappa shape index (κ3) is 1.68. The molecule has 1 rings (SSSR count). The zero-order valence-corrected chi connectivity index (χ0v) is 7.93. The molecule has 1 aromatic carbocycles. The Morgan fingerprint density at radius 3 is 2.71 bits per heavy atom. The van der Waals surface area contributed by atoms with E-state index in [0.717, 1.165) is 0 Å². The highest BCUT2D eigenvalue weighted by atomic mass is 35.5. The molecule has 0 bridgehead atoms. The van der Waals surface area contributed by atoms with Gasteiger partial charge >= 0.3 is 0 Å². The van der Waals surface area contributed by atoms with Crippen molar-refractivity contribution in [1.82, 2.24) is 0 Å². The Morgan fingerprint density at radius 2 is 2.29 bits per heavy atom. The van der Waals surface area contributed by atoms with Gasteiger partial charge in [-0.15, -0.1) is 0 Å². The van der Waals surface area contributed by atoms with Gasteiger partial charge in [0.1, 0.15) is 6.07 Å². The lowest BCUT2D eigenvalue weighted by atomic mass is 10.1. The number of carbonyl (C=O) groups is 1. The Hall–Kier alpha value is -1.60. The van der Waals surface area contributed by atoms with E-state index in [9.17, 15) is 9.18 Å². The van der Waals surface area contributed by atoms with Crippen LogP contribution >= 0.6 is 11.6 Å². The van der Waals surface area contributed by atoms with Crippen molar-refractivity contribution < 1.29 is 13.9 Å². The van der Waals surface area contributed by atoms with Crippen LogP contribution < -0.4 is 4.74 Å². The third-order valence-electron chi connectivity index (χ3n) is 1.63. The van der Waals surface area contributed by atoms with E-state index in [-0.39, 0.29) is 16.9 Å². The van der Waals surface area contributed by atoms with Gasteiger partial charge in [-0.1, -0.05) is 0 Å². The van der Waals surface area contributed by atoms with Gasteiger partial charge in [-0.05, 0) is 23.7 Å². The number of rotatable bonds is 2. The predicted octanol–water partition coefficient (Wildman–Crippen LogP) is 2.08. The van der Waals surface area contributed by atoms with E-state index in [4.69, 9.17) is 16.9 Å². The summed E-state index contributed by atoms with van der Waals surface area (Å²) in [4.78, 5) is 10.8. The van der Waals surface area contributed by atoms with Crippen LogP contribution in [0.25, 0.3) is 0 Å². The van der Waals surface area contributed by atoms with Crippen LogP contribution in [0, 0.1) is 17.1 Å². The molecule has 5 heteroatoms. The van der Waals surface area contributed by atoms with Gasteiger partial charge in [0, 0.05) is 0 Å². The first-order valence-corrected chi connectivity index (χ1v) is 3.96. The van der Waals surface area contributed by atoms with Gasteiger partial charge in [0.25, 0.3) is 5.24 Å². The second kappa shape index (κ2) is 4.07. The first kappa shape index (κ1) is 10.5. The number of nitriles is 1. The summed E-state index contributed by atoms with van der Waals surface area (Å²) in [6, 6.07) is 4.05. The van der Waals surface area contributed by atoms with E-state index in [0.29, 0.717) is 0 Å². The molecular weight excluding hydrogens is 209 g/mol. The first-order valence-electron chi connectivity index (χ1n) is 3.58. The third-order valence-corrected chi connectivity index (χ3v) is 1.84. The number of ether oxygens (including phenoxy) is 1. The topological polar surface area (TPSA) is 50.1 Å². The quantitative estimate of drug-likeness (QED) is 0.707. The van der Waals surface area contributed by atoms with Crippen LogP contribution in [-0.4, -0.2) is 12.4 Å². The molecule has 0 N–H and O–H groups in total. The maximum Gasteiger partial charge on any atom is 0.256 e. The van der Waals surface area contributed by atoms with E-state index in [1.165, 1.54) is 19.2 Å². The van der Waals surface area contributed by atoms with Crippen LogP contribution in [0.15, 0.2) is 12.1 Å². The number of halogens is 2. The molecule has 0 amide bonds. The van der Waals surface area contributed by atoms with Crippen LogP contribution in [0.3, 0.4) is 0 Å². The number of methoxy groups -OCH3 is 1. The Bertz CT molecular complexity index is 426. The fourth-order valence-electron chi connectivity index (χ4n) is 0.997. The van der Waals surface area contributed by atoms with E-state index >= 15 is 0 Å². The minimum Gasteiger partial charge on any atom is -0.493 e. The smallest absolute Gasteiger partial charge is 0.256 e. The molecule has 0 heterocycles. The maximum atomic E-state index is 13.3. The molecule has 14 heavy (non-hydrogen) atoms. The van der Waals surface area contributed by atoms with Crippen LogP contribution in [0.1, 0.15) is 15.9 Å². The highest BCUT2D eigenvalue weighted by Gasteiger charge is 2.17. The lowest BCUT2D eigenvalue weighted by molar-refractivity contribution is 0.107. The summed E-state index contributed by atoms with van der Waals surface area (Å²) in [5.41, 5.74) is -0.283. The zero-order valence-electron chi connectivity index (χ0n) is 7.17. The summed E-state index contributed by atoms with van der Waals surface area (Å²) in [7, 11) is 1.20. The Labute approximate surface area is 84.7 Å². The van der Waals surface area contributed by atoms with Crippen LogP contribution in [-0.2, 0) is 0 Å². The van der Waals surface area contributed by atoms with Crippen LogP contribution in [0.2, 0.25) is 0 Å². The fourth-order valence-corrected chi connectivity index (χ4v) is 1.15. The summed E-state index contributed by atoms with van der Waals surface area (Å²) < 4.78 is 18.0. The lowest BCUT2D eigenvalue weighted by Crippen LogP contribution is -2.00. The highest BCUT2D eigenvalue weighted by molar-refractivity contribution is 6.68. The summed E-state index contributed by atoms with van der Waals surface area (Å²) in [5, 5.41) is 7.68. The van der Waals surface area contributed by atoms with Gasteiger partial charge in [0.05, 0.1) is 18.2 Å². The van der Waals surface area contributed by atoms with Crippen molar-refractivity contribution in [3.63, 3.8) is 0 Å². The molecule has 1 aromatic rings. The number of hydrogen-bond acceptors (Lipinski definition) is 3. The van der Waals surface area contributed by atoms with E-state index < -0.39 is 11.1 Å². The number of nitrogens with zero attached hydrogens (tertiary/aromatic N) is 1. The molecule has 0 fully saturated rings. The lowest BCUT2D eigenvalue weighted by Gasteiger charge is -2.06. The molecule has 0 spiro atoms. The molecule has 0 atom stereocenters. The van der Waals surface area contributed by atoms with Gasteiger partial charge in [-0.2, -0.15) is 5.26 Å². The van der Waals surface area contributed by atoms with E-state index in [2.05, 4.69) is 4.74 Å². The molecule has 3 nitrogen and oxygen atoms in total. The maximum absolute atomic E-state index is 13.3. The Balaban J connectivity index is 3.45. The first-order chi connectivity index (χ1) is 6.61. The molecule has 0 radical (unpaired) electrons. The summed E-state index contributed by atoms with van der Waals surface area (Å²) in [6.07, 6.45) is 0. The largest absolute Gasteiger partial charge is 0.493 e. The van der Waals surface area contributed by atoms with Crippen LogP contribution in [0.4, 0.5) is 4.39 Å². The monoisotopic (exact) mass is 213 g/mol. The fraction of sp³-hybridized carbons (Fsp3) is 0.111. The van der Waals surface area contributed by atoms with E-state index in [1.807, 2.05) is 0 Å². The molecule has 0 aromatic heterocycles. The van der Waals surface area contributed by atoms with E-state index in [1.54, 1.807) is 6.07 Å². The number of hydrogen-bond donors (Lipinski definition) is 0. The van der Waals surface area contributed by atoms with Crippen molar-refractivity contribution in [2.75, 3.05) is 7.11 Å². The molecule has 0 unspecified atom stereocenters. The normalized spacial score (nSPS) is 9.29.